The predicted octanol–water partition coefficient (Wildman–Crippen LogP) is 2.83. The fourth-order valence-corrected chi connectivity index (χ4v) is 4.22. The van der Waals surface area contributed by atoms with Crippen molar-refractivity contribution in [3.05, 3.63) is 29.8 Å². The standard InChI is InChI=1S/C22H31N3O4/c1-21(2,3)29-20(28)24-12-10-15(11-13-24)25-17-9-7-6-8-16(17)22(4,19(25)27)14-18(26)23-5/h6-9,15H,10-14H2,1-5H3,(H,23,26). The van der Waals surface area contributed by atoms with Gasteiger partial charge in [-0.05, 0) is 52.2 Å². The van der Waals surface area contributed by atoms with Gasteiger partial charge in [-0.25, -0.2) is 4.79 Å². The molecule has 1 aromatic rings. The molecule has 158 valence electrons. The molecule has 1 unspecified atom stereocenters. The van der Waals surface area contributed by atoms with Crippen LogP contribution < -0.4 is 10.2 Å². The molecular formula is C22H31N3O4. The van der Waals surface area contributed by atoms with Gasteiger partial charge in [0.1, 0.15) is 5.60 Å². The van der Waals surface area contributed by atoms with Crippen LogP contribution >= 0.6 is 0 Å². The Bertz CT molecular complexity index is 809. The van der Waals surface area contributed by atoms with Crippen LogP contribution in [0.1, 0.15) is 52.5 Å². The van der Waals surface area contributed by atoms with Gasteiger partial charge in [0.05, 0.1) is 5.41 Å². The highest BCUT2D eigenvalue weighted by Crippen LogP contribution is 2.45. The predicted molar refractivity (Wildman–Crippen MR) is 111 cm³/mol. The second-order valence-electron chi connectivity index (χ2n) is 9.07. The molecule has 0 bridgehead atoms. The summed E-state index contributed by atoms with van der Waals surface area (Å²) in [5, 5.41) is 2.63. The van der Waals surface area contributed by atoms with E-state index in [2.05, 4.69) is 5.32 Å². The van der Waals surface area contributed by atoms with Crippen LogP contribution in [0.2, 0.25) is 0 Å². The summed E-state index contributed by atoms with van der Waals surface area (Å²) >= 11 is 0. The van der Waals surface area contributed by atoms with Crippen molar-refractivity contribution in [1.29, 1.82) is 0 Å². The average Bonchev–Trinajstić information content (AvgIpc) is 2.88. The van der Waals surface area contributed by atoms with Crippen LogP contribution in [0.5, 0.6) is 0 Å². The number of ether oxygens (including phenoxy) is 1. The van der Waals surface area contributed by atoms with E-state index in [9.17, 15) is 14.4 Å². The van der Waals surface area contributed by atoms with Gasteiger partial charge in [0.15, 0.2) is 0 Å². The summed E-state index contributed by atoms with van der Waals surface area (Å²) < 4.78 is 5.47. The number of nitrogens with one attached hydrogen (secondary N) is 1. The zero-order valence-corrected chi connectivity index (χ0v) is 17.9. The Morgan fingerprint density at radius 3 is 2.41 bits per heavy atom. The largest absolute Gasteiger partial charge is 0.444 e. The van der Waals surface area contributed by atoms with Crippen molar-refractivity contribution >= 4 is 23.6 Å². The molecule has 2 aliphatic heterocycles. The number of rotatable bonds is 3. The summed E-state index contributed by atoms with van der Waals surface area (Å²) in [4.78, 5) is 41.5. The number of carbonyl (C=O) groups excluding carboxylic acids is 3. The first-order valence-electron chi connectivity index (χ1n) is 10.2. The van der Waals surface area contributed by atoms with Crippen LogP contribution in [0, 0.1) is 0 Å². The Kier molecular flexibility index (Phi) is 5.61. The molecule has 0 aromatic heterocycles. The van der Waals surface area contributed by atoms with E-state index in [0.717, 1.165) is 11.3 Å². The Morgan fingerprint density at radius 2 is 1.83 bits per heavy atom. The molecule has 1 N–H and O–H groups in total. The molecule has 0 saturated carbocycles. The van der Waals surface area contributed by atoms with Crippen molar-refractivity contribution in [2.24, 2.45) is 0 Å². The molecule has 2 aliphatic rings. The van der Waals surface area contributed by atoms with Crippen molar-refractivity contribution in [2.75, 3.05) is 25.0 Å². The lowest BCUT2D eigenvalue weighted by Gasteiger charge is -2.38. The number of amides is 3. The van der Waals surface area contributed by atoms with Gasteiger partial charge in [0, 0.05) is 38.3 Å². The lowest BCUT2D eigenvalue weighted by Crippen LogP contribution is -2.51. The smallest absolute Gasteiger partial charge is 0.410 e. The third kappa shape index (κ3) is 4.09. The maximum Gasteiger partial charge on any atom is 0.410 e. The molecule has 2 heterocycles. The van der Waals surface area contributed by atoms with Gasteiger partial charge < -0.3 is 19.9 Å². The molecule has 7 heteroatoms. The van der Waals surface area contributed by atoms with E-state index in [1.807, 2.05) is 56.9 Å². The number of piperidine rings is 1. The molecule has 3 rings (SSSR count). The molecular weight excluding hydrogens is 370 g/mol. The number of para-hydroxylation sites is 1. The number of nitrogens with zero attached hydrogens (tertiary/aromatic N) is 2. The molecule has 0 radical (unpaired) electrons. The zero-order valence-electron chi connectivity index (χ0n) is 17.9. The molecule has 1 saturated heterocycles. The maximum absolute atomic E-state index is 13.5. The number of benzene rings is 1. The number of anilines is 1. The lowest BCUT2D eigenvalue weighted by atomic mass is 9.80. The topological polar surface area (TPSA) is 79.0 Å². The number of carbonyl (C=O) groups is 3. The van der Waals surface area contributed by atoms with Gasteiger partial charge in [-0.1, -0.05) is 18.2 Å². The first-order chi connectivity index (χ1) is 13.6. The van der Waals surface area contributed by atoms with E-state index in [0.29, 0.717) is 25.9 Å². The third-order valence-electron chi connectivity index (χ3n) is 5.72. The minimum Gasteiger partial charge on any atom is -0.444 e. The van der Waals surface area contributed by atoms with Gasteiger partial charge in [0.25, 0.3) is 0 Å². The van der Waals surface area contributed by atoms with E-state index in [-0.39, 0.29) is 30.4 Å². The van der Waals surface area contributed by atoms with Crippen LogP contribution in [-0.2, 0) is 19.7 Å². The second-order valence-corrected chi connectivity index (χ2v) is 9.07. The summed E-state index contributed by atoms with van der Waals surface area (Å²) in [6, 6.07) is 7.70. The molecule has 1 aromatic carbocycles. The Labute approximate surface area is 172 Å². The number of hydrogen-bond acceptors (Lipinski definition) is 4. The first kappa shape index (κ1) is 21.1. The highest BCUT2D eigenvalue weighted by Gasteiger charge is 2.50. The fraction of sp³-hybridized carbons (Fsp3) is 0.591. The normalized spacial score (nSPS) is 22.4. The minimum atomic E-state index is -0.876. The van der Waals surface area contributed by atoms with Crippen molar-refractivity contribution in [3.63, 3.8) is 0 Å². The van der Waals surface area contributed by atoms with Gasteiger partial charge in [-0.15, -0.1) is 0 Å². The van der Waals surface area contributed by atoms with Crippen LogP contribution in [0.3, 0.4) is 0 Å². The molecule has 1 atom stereocenters. The number of hydrogen-bond donors (Lipinski definition) is 1. The second kappa shape index (κ2) is 7.69. The number of likely N-dealkylation sites (tertiary alicyclic amines) is 1. The summed E-state index contributed by atoms with van der Waals surface area (Å²) in [6.07, 6.45) is 1.16. The highest BCUT2D eigenvalue weighted by molar-refractivity contribution is 6.10. The van der Waals surface area contributed by atoms with Gasteiger partial charge in [0.2, 0.25) is 11.8 Å². The number of fused-ring (bicyclic) bond motifs is 1. The van der Waals surface area contributed by atoms with Crippen LogP contribution in [0.15, 0.2) is 24.3 Å². The fourth-order valence-electron chi connectivity index (χ4n) is 4.22. The quantitative estimate of drug-likeness (QED) is 0.845. The van der Waals surface area contributed by atoms with E-state index in [1.165, 1.54) is 0 Å². The molecule has 7 nitrogen and oxygen atoms in total. The van der Waals surface area contributed by atoms with E-state index in [1.54, 1.807) is 11.9 Å². The van der Waals surface area contributed by atoms with Gasteiger partial charge in [-0.3, -0.25) is 9.59 Å². The van der Waals surface area contributed by atoms with Crippen molar-refractivity contribution in [1.82, 2.24) is 10.2 Å². The Balaban J connectivity index is 1.78. The average molecular weight is 402 g/mol. The van der Waals surface area contributed by atoms with E-state index < -0.39 is 11.0 Å². The molecule has 0 aliphatic carbocycles. The maximum atomic E-state index is 13.5. The summed E-state index contributed by atoms with van der Waals surface area (Å²) in [5.74, 6) is -0.199. The Hall–Kier alpha value is -2.57. The summed E-state index contributed by atoms with van der Waals surface area (Å²) in [5.41, 5.74) is 0.362. The molecule has 0 spiro atoms. The van der Waals surface area contributed by atoms with Gasteiger partial charge >= 0.3 is 6.09 Å². The zero-order chi connectivity index (χ0) is 21.4. The lowest BCUT2D eigenvalue weighted by molar-refractivity contribution is -0.129. The Morgan fingerprint density at radius 1 is 1.21 bits per heavy atom. The first-order valence-corrected chi connectivity index (χ1v) is 10.2. The van der Waals surface area contributed by atoms with Gasteiger partial charge in [-0.2, -0.15) is 0 Å². The molecule has 3 amide bonds. The van der Waals surface area contributed by atoms with Crippen LogP contribution in [0.4, 0.5) is 10.5 Å². The minimum absolute atomic E-state index is 0.00569. The van der Waals surface area contributed by atoms with Crippen molar-refractivity contribution in [2.45, 2.75) is 64.0 Å². The monoisotopic (exact) mass is 401 g/mol. The van der Waals surface area contributed by atoms with Crippen molar-refractivity contribution in [3.8, 4) is 0 Å². The van der Waals surface area contributed by atoms with Crippen LogP contribution in [0.25, 0.3) is 0 Å². The highest BCUT2D eigenvalue weighted by atomic mass is 16.6. The molecule has 29 heavy (non-hydrogen) atoms. The summed E-state index contributed by atoms with van der Waals surface area (Å²) in [7, 11) is 1.58. The summed E-state index contributed by atoms with van der Waals surface area (Å²) in [6.45, 7) is 8.48. The SMILES string of the molecule is CNC(=O)CC1(C)C(=O)N(C2CCN(C(=O)OC(C)(C)C)CC2)c2ccccc21. The van der Waals surface area contributed by atoms with Crippen molar-refractivity contribution < 1.29 is 19.1 Å². The van der Waals surface area contributed by atoms with E-state index in [4.69, 9.17) is 4.74 Å². The third-order valence-corrected chi connectivity index (χ3v) is 5.72. The van der Waals surface area contributed by atoms with E-state index >= 15 is 0 Å². The van der Waals surface area contributed by atoms with Crippen LogP contribution in [-0.4, -0.2) is 54.6 Å². The molecule has 1 fully saturated rings.